The molecule has 0 unspecified atom stereocenters. The maximum Gasteiger partial charge on any atom is 0.252 e. The van der Waals surface area contributed by atoms with Crippen LogP contribution in [0.15, 0.2) is 60.7 Å². The lowest BCUT2D eigenvalue weighted by Crippen LogP contribution is -2.59. The molecular weight excluding hydrogens is 364 g/mol. The zero-order valence-corrected chi connectivity index (χ0v) is 16.8. The van der Waals surface area contributed by atoms with Gasteiger partial charge in [-0.05, 0) is 48.0 Å². The number of hydrogen-bond acceptors (Lipinski definition) is 4. The Labute approximate surface area is 171 Å². The highest BCUT2D eigenvalue weighted by molar-refractivity contribution is 5.97. The highest BCUT2D eigenvalue weighted by Gasteiger charge is 2.43. The van der Waals surface area contributed by atoms with Gasteiger partial charge in [-0.1, -0.05) is 48.5 Å². The first-order chi connectivity index (χ1) is 14.1. The molecule has 1 heterocycles. The van der Waals surface area contributed by atoms with Crippen molar-refractivity contribution in [3.63, 3.8) is 0 Å². The van der Waals surface area contributed by atoms with Crippen LogP contribution < -0.4 is 15.4 Å². The van der Waals surface area contributed by atoms with Gasteiger partial charge in [0.1, 0.15) is 17.9 Å². The summed E-state index contributed by atoms with van der Waals surface area (Å²) < 4.78 is 11.3. The van der Waals surface area contributed by atoms with E-state index in [4.69, 9.17) is 9.47 Å². The maximum atomic E-state index is 13.2. The Morgan fingerprint density at radius 1 is 1.10 bits per heavy atom. The summed E-state index contributed by atoms with van der Waals surface area (Å²) in [6.45, 7) is 4.16. The Kier molecular flexibility index (Phi) is 5.51. The van der Waals surface area contributed by atoms with E-state index in [1.54, 1.807) is 0 Å². The SMILES string of the molecule is CNCCOc1ccc(C)c(C(=O)NC2(c3cccc4ccccc34)COC2)c1. The van der Waals surface area contributed by atoms with Crippen molar-refractivity contribution >= 4 is 16.7 Å². The minimum atomic E-state index is -0.520. The summed E-state index contributed by atoms with van der Waals surface area (Å²) in [5, 5.41) is 8.60. The summed E-state index contributed by atoms with van der Waals surface area (Å²) in [4.78, 5) is 13.2. The summed E-state index contributed by atoms with van der Waals surface area (Å²) in [6.07, 6.45) is 0. The second-order valence-corrected chi connectivity index (χ2v) is 7.48. The second-order valence-electron chi connectivity index (χ2n) is 7.48. The maximum absolute atomic E-state index is 13.2. The number of nitrogens with one attached hydrogen (secondary N) is 2. The molecule has 4 rings (SSSR count). The van der Waals surface area contributed by atoms with E-state index in [0.29, 0.717) is 31.1 Å². The van der Waals surface area contributed by atoms with E-state index in [2.05, 4.69) is 34.9 Å². The Balaban J connectivity index is 1.62. The molecule has 1 fully saturated rings. The Hall–Kier alpha value is -2.89. The number of ether oxygens (including phenoxy) is 2. The molecular formula is C24H26N2O3. The first-order valence-electron chi connectivity index (χ1n) is 9.89. The number of aryl methyl sites for hydroxylation is 1. The van der Waals surface area contributed by atoms with Gasteiger partial charge in [0.2, 0.25) is 0 Å². The number of carbonyl (C=O) groups is 1. The number of carbonyl (C=O) groups excluding carboxylic acids is 1. The van der Waals surface area contributed by atoms with Crippen LogP contribution in [-0.4, -0.2) is 39.3 Å². The van der Waals surface area contributed by atoms with Crippen LogP contribution in [0, 0.1) is 6.92 Å². The fourth-order valence-corrected chi connectivity index (χ4v) is 3.74. The molecule has 3 aromatic rings. The van der Waals surface area contributed by atoms with Gasteiger partial charge in [-0.15, -0.1) is 0 Å². The summed E-state index contributed by atoms with van der Waals surface area (Å²) in [7, 11) is 1.88. The molecule has 29 heavy (non-hydrogen) atoms. The van der Waals surface area contributed by atoms with Crippen LogP contribution in [0.25, 0.3) is 10.8 Å². The Bertz CT molecular complexity index is 1020. The summed E-state index contributed by atoms with van der Waals surface area (Å²) in [5.74, 6) is 0.581. The van der Waals surface area contributed by atoms with Crippen molar-refractivity contribution in [2.24, 2.45) is 0 Å². The first kappa shape index (κ1) is 19.4. The summed E-state index contributed by atoms with van der Waals surface area (Å²) >= 11 is 0. The van der Waals surface area contributed by atoms with E-state index in [0.717, 1.165) is 28.4 Å². The van der Waals surface area contributed by atoms with E-state index in [1.807, 2.05) is 50.4 Å². The van der Waals surface area contributed by atoms with Crippen molar-refractivity contribution < 1.29 is 14.3 Å². The Morgan fingerprint density at radius 3 is 2.66 bits per heavy atom. The summed E-state index contributed by atoms with van der Waals surface area (Å²) in [5.41, 5.74) is 2.11. The monoisotopic (exact) mass is 390 g/mol. The van der Waals surface area contributed by atoms with Gasteiger partial charge < -0.3 is 20.1 Å². The predicted molar refractivity (Wildman–Crippen MR) is 115 cm³/mol. The second kappa shape index (κ2) is 8.23. The number of likely N-dealkylation sites (N-methyl/N-ethyl adjacent to an activating group) is 1. The van der Waals surface area contributed by atoms with Crippen LogP contribution in [0.4, 0.5) is 0 Å². The third-order valence-electron chi connectivity index (χ3n) is 5.43. The van der Waals surface area contributed by atoms with Crippen molar-refractivity contribution in [3.05, 3.63) is 77.4 Å². The van der Waals surface area contributed by atoms with Crippen molar-refractivity contribution in [1.29, 1.82) is 0 Å². The van der Waals surface area contributed by atoms with Gasteiger partial charge in [0.05, 0.1) is 13.2 Å². The van der Waals surface area contributed by atoms with E-state index < -0.39 is 5.54 Å². The molecule has 2 N–H and O–H groups in total. The first-order valence-corrected chi connectivity index (χ1v) is 9.89. The van der Waals surface area contributed by atoms with Gasteiger partial charge >= 0.3 is 0 Å². The third-order valence-corrected chi connectivity index (χ3v) is 5.43. The van der Waals surface area contributed by atoms with Crippen molar-refractivity contribution in [2.75, 3.05) is 33.4 Å². The fraction of sp³-hybridized carbons (Fsp3) is 0.292. The van der Waals surface area contributed by atoms with Crippen molar-refractivity contribution in [1.82, 2.24) is 10.6 Å². The molecule has 0 atom stereocenters. The van der Waals surface area contributed by atoms with Crippen molar-refractivity contribution in [2.45, 2.75) is 12.5 Å². The van der Waals surface area contributed by atoms with Crippen molar-refractivity contribution in [3.8, 4) is 5.75 Å². The molecule has 3 aromatic carbocycles. The van der Waals surface area contributed by atoms with Crippen LogP contribution in [0.2, 0.25) is 0 Å². The molecule has 0 saturated carbocycles. The summed E-state index contributed by atoms with van der Waals surface area (Å²) in [6, 6.07) is 20.1. The largest absolute Gasteiger partial charge is 0.492 e. The molecule has 1 amide bonds. The molecule has 0 radical (unpaired) electrons. The quantitative estimate of drug-likeness (QED) is 0.607. The lowest BCUT2D eigenvalue weighted by molar-refractivity contribution is -0.0726. The van der Waals surface area contributed by atoms with E-state index in [9.17, 15) is 4.79 Å². The van der Waals surface area contributed by atoms with Gasteiger partial charge in [0.15, 0.2) is 0 Å². The number of amides is 1. The zero-order chi connectivity index (χ0) is 20.3. The highest BCUT2D eigenvalue weighted by Crippen LogP contribution is 2.35. The van der Waals surface area contributed by atoms with Crippen LogP contribution >= 0.6 is 0 Å². The lowest BCUT2D eigenvalue weighted by atomic mass is 9.84. The van der Waals surface area contributed by atoms with E-state index in [-0.39, 0.29) is 5.91 Å². The lowest BCUT2D eigenvalue weighted by Gasteiger charge is -2.43. The van der Waals surface area contributed by atoms with E-state index >= 15 is 0 Å². The number of rotatable bonds is 7. The van der Waals surface area contributed by atoms with Gasteiger partial charge in [-0.3, -0.25) is 4.79 Å². The molecule has 150 valence electrons. The minimum Gasteiger partial charge on any atom is -0.492 e. The predicted octanol–water partition coefficient (Wildman–Crippen LogP) is 3.40. The van der Waals surface area contributed by atoms with Crippen LogP contribution in [0.3, 0.4) is 0 Å². The highest BCUT2D eigenvalue weighted by atomic mass is 16.5. The minimum absolute atomic E-state index is 0.113. The van der Waals surface area contributed by atoms with Gasteiger partial charge in [0.25, 0.3) is 5.91 Å². The Morgan fingerprint density at radius 2 is 1.90 bits per heavy atom. The molecule has 0 aliphatic carbocycles. The molecule has 5 heteroatoms. The third kappa shape index (κ3) is 3.84. The molecule has 1 aliphatic rings. The molecule has 0 aromatic heterocycles. The standard InChI is InChI=1S/C24H26N2O3/c1-17-10-11-19(29-13-12-25-2)14-21(17)23(27)26-24(15-28-16-24)22-9-5-7-18-6-3-4-8-20(18)22/h3-11,14,25H,12-13,15-16H2,1-2H3,(H,26,27). The number of benzene rings is 3. The number of fused-ring (bicyclic) bond motifs is 1. The average Bonchev–Trinajstić information content (AvgIpc) is 2.71. The van der Waals surface area contributed by atoms with Gasteiger partial charge in [-0.2, -0.15) is 0 Å². The van der Waals surface area contributed by atoms with E-state index in [1.165, 1.54) is 0 Å². The number of hydrogen-bond donors (Lipinski definition) is 2. The van der Waals surface area contributed by atoms with Gasteiger partial charge in [0, 0.05) is 12.1 Å². The molecule has 1 aliphatic heterocycles. The van der Waals surface area contributed by atoms with Gasteiger partial charge in [-0.25, -0.2) is 0 Å². The normalized spacial score (nSPS) is 15.0. The molecule has 5 nitrogen and oxygen atoms in total. The molecule has 1 saturated heterocycles. The van der Waals surface area contributed by atoms with Crippen LogP contribution in [0.5, 0.6) is 5.75 Å². The zero-order valence-electron chi connectivity index (χ0n) is 16.8. The average molecular weight is 390 g/mol. The fourth-order valence-electron chi connectivity index (χ4n) is 3.74. The topological polar surface area (TPSA) is 59.6 Å². The molecule has 0 bridgehead atoms. The smallest absolute Gasteiger partial charge is 0.252 e. The van der Waals surface area contributed by atoms with Crippen LogP contribution in [-0.2, 0) is 10.3 Å². The van der Waals surface area contributed by atoms with Crippen LogP contribution in [0.1, 0.15) is 21.5 Å². The molecule has 0 spiro atoms.